The molecule has 8 heteroatoms. The van der Waals surface area contributed by atoms with Crippen LogP contribution >= 0.6 is 11.3 Å². The fourth-order valence-electron chi connectivity index (χ4n) is 3.92. The summed E-state index contributed by atoms with van der Waals surface area (Å²) >= 11 is 1.53. The van der Waals surface area contributed by atoms with Gasteiger partial charge in [-0.25, -0.2) is 0 Å². The maximum atomic E-state index is 13.0. The first-order chi connectivity index (χ1) is 15.7. The first-order valence-electron chi connectivity index (χ1n) is 10.9. The van der Waals surface area contributed by atoms with E-state index in [0.717, 1.165) is 43.2 Å². The van der Waals surface area contributed by atoms with E-state index in [1.54, 1.807) is 13.3 Å². The van der Waals surface area contributed by atoms with E-state index in [1.165, 1.54) is 16.2 Å². The number of fused-ring (bicyclic) bond motifs is 1. The molecule has 2 aromatic heterocycles. The Morgan fingerprint density at radius 2 is 1.97 bits per heavy atom. The zero-order valence-corrected chi connectivity index (χ0v) is 19.0. The molecule has 0 aliphatic heterocycles. The van der Waals surface area contributed by atoms with Crippen LogP contribution in [0.5, 0.6) is 0 Å². The molecule has 1 aliphatic rings. The summed E-state index contributed by atoms with van der Waals surface area (Å²) in [6.45, 7) is 1.80. The van der Waals surface area contributed by atoms with Gasteiger partial charge in [-0.3, -0.25) is 14.3 Å². The molecule has 1 aliphatic carbocycles. The summed E-state index contributed by atoms with van der Waals surface area (Å²) in [5.41, 5.74) is 3.35. The number of amides is 2. The smallest absolute Gasteiger partial charge is 0.256 e. The van der Waals surface area contributed by atoms with Crippen LogP contribution in [-0.2, 0) is 24.1 Å². The molecule has 7 nitrogen and oxygen atoms in total. The zero-order valence-electron chi connectivity index (χ0n) is 18.2. The second kappa shape index (κ2) is 10.6. The predicted octanol–water partition coefficient (Wildman–Crippen LogP) is 3.89. The maximum absolute atomic E-state index is 13.0. The number of nitrogens with zero attached hydrogens (tertiary/aromatic N) is 2. The summed E-state index contributed by atoms with van der Waals surface area (Å²) in [4.78, 5) is 27.1. The summed E-state index contributed by atoms with van der Waals surface area (Å²) in [5, 5.41) is 10.8. The molecule has 3 aromatic rings. The first kappa shape index (κ1) is 22.2. The van der Waals surface area contributed by atoms with Crippen molar-refractivity contribution in [3.05, 3.63) is 69.9 Å². The summed E-state index contributed by atoms with van der Waals surface area (Å²) in [6, 6.07) is 9.37. The molecule has 0 saturated heterocycles. The molecule has 0 saturated carbocycles. The number of carbonyl (C=O) groups excluding carboxylic acids is 2. The zero-order chi connectivity index (χ0) is 22.3. The van der Waals surface area contributed by atoms with Gasteiger partial charge in [0.05, 0.1) is 12.1 Å². The van der Waals surface area contributed by atoms with Crippen LogP contribution in [0.15, 0.2) is 42.7 Å². The van der Waals surface area contributed by atoms with Gasteiger partial charge < -0.3 is 15.4 Å². The van der Waals surface area contributed by atoms with E-state index in [2.05, 4.69) is 15.7 Å². The van der Waals surface area contributed by atoms with Crippen LogP contribution in [0.3, 0.4) is 0 Å². The van der Waals surface area contributed by atoms with Gasteiger partial charge in [0.2, 0.25) is 0 Å². The molecule has 2 N–H and O–H groups in total. The largest absolute Gasteiger partial charge is 0.385 e. The Balaban J connectivity index is 1.48. The number of rotatable bonds is 9. The van der Waals surface area contributed by atoms with Crippen LogP contribution in [0.2, 0.25) is 0 Å². The molecule has 0 atom stereocenters. The summed E-state index contributed by atoms with van der Waals surface area (Å²) < 4.78 is 6.89. The number of anilines is 1. The fourth-order valence-corrected chi connectivity index (χ4v) is 5.20. The number of hydrogen-bond donors (Lipinski definition) is 2. The molecule has 32 heavy (non-hydrogen) atoms. The van der Waals surface area contributed by atoms with E-state index in [1.807, 2.05) is 41.2 Å². The lowest BCUT2D eigenvalue weighted by Gasteiger charge is -2.13. The molecule has 0 bridgehead atoms. The van der Waals surface area contributed by atoms with E-state index in [9.17, 15) is 9.59 Å². The highest BCUT2D eigenvalue weighted by Gasteiger charge is 2.26. The number of benzene rings is 1. The van der Waals surface area contributed by atoms with Crippen LogP contribution in [0.1, 0.15) is 56.0 Å². The standard InChI is InChI=1S/C24H28N4O3S/c1-31-15-5-12-25-23(30)21-19-6-2-3-7-20(19)32-24(21)27-22(29)18-10-8-17(9-11-18)16-28-14-4-13-26-28/h4,8-11,13-14H,2-3,5-7,12,15-16H2,1H3,(H,25,30)(H,27,29). The number of thiophene rings is 1. The molecule has 1 aromatic carbocycles. The van der Waals surface area contributed by atoms with Crippen molar-refractivity contribution in [2.24, 2.45) is 0 Å². The van der Waals surface area contributed by atoms with Crippen molar-refractivity contribution in [2.45, 2.75) is 38.6 Å². The van der Waals surface area contributed by atoms with Crippen molar-refractivity contribution in [3.8, 4) is 0 Å². The Bertz CT molecular complexity index is 1060. The van der Waals surface area contributed by atoms with Crippen molar-refractivity contribution in [3.63, 3.8) is 0 Å². The highest BCUT2D eigenvalue weighted by Crippen LogP contribution is 2.38. The van der Waals surface area contributed by atoms with Crippen molar-refractivity contribution in [1.82, 2.24) is 15.1 Å². The van der Waals surface area contributed by atoms with Crippen molar-refractivity contribution in [2.75, 3.05) is 25.6 Å². The van der Waals surface area contributed by atoms with Gasteiger partial charge in [0.15, 0.2) is 0 Å². The van der Waals surface area contributed by atoms with E-state index < -0.39 is 0 Å². The average Bonchev–Trinajstić information content (AvgIpc) is 3.44. The van der Waals surface area contributed by atoms with E-state index >= 15 is 0 Å². The van der Waals surface area contributed by atoms with Gasteiger partial charge in [-0.15, -0.1) is 11.3 Å². The van der Waals surface area contributed by atoms with Crippen LogP contribution < -0.4 is 10.6 Å². The summed E-state index contributed by atoms with van der Waals surface area (Å²) in [7, 11) is 1.65. The number of aryl methyl sites for hydroxylation is 1. The predicted molar refractivity (Wildman–Crippen MR) is 126 cm³/mol. The average molecular weight is 453 g/mol. The third-order valence-electron chi connectivity index (χ3n) is 5.56. The molecular weight excluding hydrogens is 424 g/mol. The van der Waals surface area contributed by atoms with Gasteiger partial charge in [0.1, 0.15) is 5.00 Å². The number of methoxy groups -OCH3 is 1. The van der Waals surface area contributed by atoms with Crippen molar-refractivity contribution >= 4 is 28.2 Å². The van der Waals surface area contributed by atoms with Crippen molar-refractivity contribution < 1.29 is 14.3 Å². The Morgan fingerprint density at radius 1 is 1.16 bits per heavy atom. The number of nitrogens with one attached hydrogen (secondary N) is 2. The van der Waals surface area contributed by atoms with E-state index in [4.69, 9.17) is 4.74 Å². The molecule has 4 rings (SSSR count). The first-order valence-corrected chi connectivity index (χ1v) is 11.8. The molecule has 2 heterocycles. The molecule has 0 unspecified atom stereocenters. The monoisotopic (exact) mass is 452 g/mol. The minimum atomic E-state index is -0.206. The lowest BCUT2D eigenvalue weighted by atomic mass is 9.95. The molecule has 2 amide bonds. The molecule has 0 fully saturated rings. The number of ether oxygens (including phenoxy) is 1. The van der Waals surface area contributed by atoms with Gasteiger partial charge in [0.25, 0.3) is 11.8 Å². The van der Waals surface area contributed by atoms with Crippen molar-refractivity contribution in [1.29, 1.82) is 0 Å². The van der Waals surface area contributed by atoms with Gasteiger partial charge in [0, 0.05) is 43.1 Å². The number of carbonyl (C=O) groups is 2. The number of aromatic nitrogens is 2. The topological polar surface area (TPSA) is 85.3 Å². The second-order valence-corrected chi connectivity index (χ2v) is 8.98. The Kier molecular flexibility index (Phi) is 7.34. The summed E-state index contributed by atoms with van der Waals surface area (Å²) in [6.07, 6.45) is 8.43. The van der Waals surface area contributed by atoms with Crippen LogP contribution in [0.25, 0.3) is 0 Å². The SMILES string of the molecule is COCCCNC(=O)c1c(NC(=O)c2ccc(Cn3cccn3)cc2)sc2c1CCCC2. The Hall–Kier alpha value is -2.97. The second-order valence-electron chi connectivity index (χ2n) is 7.87. The number of hydrogen-bond acceptors (Lipinski definition) is 5. The Labute approximate surface area is 191 Å². The maximum Gasteiger partial charge on any atom is 0.256 e. The van der Waals surface area contributed by atoms with Gasteiger partial charge in [-0.2, -0.15) is 5.10 Å². The third kappa shape index (κ3) is 5.26. The molecule has 0 spiro atoms. The normalized spacial score (nSPS) is 12.9. The highest BCUT2D eigenvalue weighted by atomic mass is 32.1. The fraction of sp³-hybridized carbons (Fsp3) is 0.375. The lowest BCUT2D eigenvalue weighted by Crippen LogP contribution is -2.27. The quantitative estimate of drug-likeness (QED) is 0.483. The molecule has 168 valence electrons. The highest BCUT2D eigenvalue weighted by molar-refractivity contribution is 7.17. The molecular formula is C24H28N4O3S. The molecule has 0 radical (unpaired) electrons. The third-order valence-corrected chi connectivity index (χ3v) is 6.76. The minimum Gasteiger partial charge on any atom is -0.385 e. The van der Waals surface area contributed by atoms with Crippen LogP contribution in [-0.4, -0.2) is 41.9 Å². The van der Waals surface area contributed by atoms with Gasteiger partial charge in [-0.1, -0.05) is 12.1 Å². The lowest BCUT2D eigenvalue weighted by molar-refractivity contribution is 0.0948. The summed E-state index contributed by atoms with van der Waals surface area (Å²) in [5.74, 6) is -0.326. The van der Waals surface area contributed by atoms with Gasteiger partial charge >= 0.3 is 0 Å². The minimum absolute atomic E-state index is 0.120. The van der Waals surface area contributed by atoms with E-state index in [-0.39, 0.29) is 11.8 Å². The van der Waals surface area contributed by atoms with E-state index in [0.29, 0.717) is 35.8 Å². The van der Waals surface area contributed by atoms with Crippen LogP contribution in [0, 0.1) is 0 Å². The van der Waals surface area contributed by atoms with Crippen LogP contribution in [0.4, 0.5) is 5.00 Å². The Morgan fingerprint density at radius 3 is 2.72 bits per heavy atom. The van der Waals surface area contributed by atoms with Gasteiger partial charge in [-0.05, 0) is 61.4 Å².